The summed E-state index contributed by atoms with van der Waals surface area (Å²) in [6.07, 6.45) is 0. The fourth-order valence-electron chi connectivity index (χ4n) is 9.00. The quantitative estimate of drug-likeness (QED) is 0.183. The molecule has 9 aromatic carbocycles. The van der Waals surface area contributed by atoms with Crippen LogP contribution in [0.3, 0.4) is 0 Å². The summed E-state index contributed by atoms with van der Waals surface area (Å²) in [4.78, 5) is 10.6. The van der Waals surface area contributed by atoms with Crippen LogP contribution in [0.2, 0.25) is 0 Å². The lowest BCUT2D eigenvalue weighted by atomic mass is 9.81. The molecule has 0 amide bonds. The van der Waals surface area contributed by atoms with E-state index in [1.54, 1.807) is 0 Å². The maximum absolute atomic E-state index is 5.37. The third-order valence-corrected chi connectivity index (χ3v) is 11.9. The molecule has 0 atom stereocenters. The van der Waals surface area contributed by atoms with Crippen LogP contribution in [0.25, 0.3) is 99.2 Å². The van der Waals surface area contributed by atoms with Crippen molar-refractivity contribution in [3.05, 3.63) is 193 Å². The van der Waals surface area contributed by atoms with E-state index in [0.29, 0.717) is 0 Å². The van der Waals surface area contributed by atoms with Crippen LogP contribution in [0.5, 0.6) is 0 Å². The Morgan fingerprint density at radius 2 is 0.909 bits per heavy atom. The van der Waals surface area contributed by atoms with Crippen LogP contribution in [0.1, 0.15) is 25.0 Å². The van der Waals surface area contributed by atoms with Crippen molar-refractivity contribution in [2.45, 2.75) is 19.3 Å². The van der Waals surface area contributed by atoms with Crippen LogP contribution < -0.4 is 0 Å². The molecule has 0 saturated heterocycles. The molecule has 2 nitrogen and oxygen atoms in total. The van der Waals surface area contributed by atoms with Gasteiger partial charge in [0.25, 0.3) is 0 Å². The minimum absolute atomic E-state index is 0.0727. The molecule has 10 aromatic rings. The van der Waals surface area contributed by atoms with Gasteiger partial charge in [0.05, 0.1) is 11.4 Å². The van der Waals surface area contributed by atoms with Gasteiger partial charge in [-0.2, -0.15) is 0 Å². The first kappa shape index (κ1) is 31.6. The highest BCUT2D eigenvalue weighted by Gasteiger charge is 2.36. The van der Waals surface area contributed by atoms with Gasteiger partial charge >= 0.3 is 0 Å². The number of fused-ring (bicyclic) bond motifs is 7. The first-order chi connectivity index (χ1) is 27.0. The number of hydrogen-bond acceptors (Lipinski definition) is 2. The highest BCUT2D eigenvalue weighted by Crippen LogP contribution is 2.51. The molecule has 1 aliphatic carbocycles. The molecule has 1 heterocycles. The maximum atomic E-state index is 5.37. The average molecular weight is 701 g/mol. The number of aromatic nitrogens is 2. The standard InChI is InChI=1S/C53H36N2/c1-53(2)48-27-24-38(30-46(48)47-29-36-15-5-6-16-37(36)31-49(47)53)41-25-26-44(43-20-10-9-19-42(41)43)51-32-50(39-23-22-33-12-3-4-14-35(33)28-39)54-52(55-51)45-21-11-17-34-13-7-8-18-40(34)45/h3-32H,1-2H3. The van der Waals surface area contributed by atoms with Crippen molar-refractivity contribution in [1.29, 1.82) is 0 Å². The van der Waals surface area contributed by atoms with Crippen LogP contribution in [0.15, 0.2) is 182 Å². The molecule has 55 heavy (non-hydrogen) atoms. The van der Waals surface area contributed by atoms with Gasteiger partial charge in [-0.3, -0.25) is 0 Å². The van der Waals surface area contributed by atoms with Crippen molar-refractivity contribution in [2.75, 3.05) is 0 Å². The van der Waals surface area contributed by atoms with E-state index in [4.69, 9.17) is 9.97 Å². The molecule has 258 valence electrons. The van der Waals surface area contributed by atoms with Crippen molar-refractivity contribution in [3.63, 3.8) is 0 Å². The number of rotatable bonds is 4. The third kappa shape index (κ3) is 5.02. The van der Waals surface area contributed by atoms with E-state index in [1.165, 1.54) is 71.1 Å². The van der Waals surface area contributed by atoms with Gasteiger partial charge in [-0.15, -0.1) is 0 Å². The summed E-state index contributed by atoms with van der Waals surface area (Å²) in [6, 6.07) is 66.1. The smallest absolute Gasteiger partial charge is 0.161 e. The fraction of sp³-hybridized carbons (Fsp3) is 0.0566. The van der Waals surface area contributed by atoms with Crippen LogP contribution >= 0.6 is 0 Å². The first-order valence-electron chi connectivity index (χ1n) is 19.1. The number of benzene rings is 9. The van der Waals surface area contributed by atoms with Gasteiger partial charge in [0.15, 0.2) is 5.82 Å². The van der Waals surface area contributed by atoms with Crippen molar-refractivity contribution in [3.8, 4) is 56.2 Å². The Morgan fingerprint density at radius 3 is 1.71 bits per heavy atom. The zero-order valence-corrected chi connectivity index (χ0v) is 30.7. The van der Waals surface area contributed by atoms with Gasteiger partial charge in [0.1, 0.15) is 0 Å². The van der Waals surface area contributed by atoms with E-state index in [2.05, 4.69) is 196 Å². The lowest BCUT2D eigenvalue weighted by molar-refractivity contribution is 0.661. The minimum Gasteiger partial charge on any atom is -0.228 e. The molecule has 0 fully saturated rings. The predicted octanol–water partition coefficient (Wildman–Crippen LogP) is 14.1. The van der Waals surface area contributed by atoms with E-state index in [0.717, 1.165) is 39.3 Å². The third-order valence-electron chi connectivity index (χ3n) is 11.9. The van der Waals surface area contributed by atoms with Crippen LogP contribution in [0.4, 0.5) is 0 Å². The first-order valence-corrected chi connectivity index (χ1v) is 19.1. The highest BCUT2D eigenvalue weighted by molar-refractivity contribution is 6.06. The van der Waals surface area contributed by atoms with Gasteiger partial charge in [0.2, 0.25) is 0 Å². The van der Waals surface area contributed by atoms with E-state index in [9.17, 15) is 0 Å². The van der Waals surface area contributed by atoms with Crippen LogP contribution in [0, 0.1) is 0 Å². The summed E-state index contributed by atoms with van der Waals surface area (Å²) in [7, 11) is 0. The highest BCUT2D eigenvalue weighted by atomic mass is 14.9. The van der Waals surface area contributed by atoms with Gasteiger partial charge in [-0.05, 0) is 107 Å². The normalized spacial score (nSPS) is 13.1. The molecule has 0 unspecified atom stereocenters. The lowest BCUT2D eigenvalue weighted by Crippen LogP contribution is -2.14. The molecule has 1 aromatic heterocycles. The van der Waals surface area contributed by atoms with Crippen molar-refractivity contribution in [2.24, 2.45) is 0 Å². The Bertz CT molecular complexity index is 3180. The van der Waals surface area contributed by atoms with Crippen LogP contribution in [-0.4, -0.2) is 9.97 Å². The summed E-state index contributed by atoms with van der Waals surface area (Å²) in [6.45, 7) is 4.72. The molecular formula is C53H36N2. The summed E-state index contributed by atoms with van der Waals surface area (Å²) in [5.74, 6) is 0.720. The van der Waals surface area contributed by atoms with Crippen LogP contribution in [-0.2, 0) is 5.41 Å². The summed E-state index contributed by atoms with van der Waals surface area (Å²) in [5, 5.41) is 9.65. The fourth-order valence-corrected chi connectivity index (χ4v) is 9.00. The Labute approximate surface area is 320 Å². The second kappa shape index (κ2) is 12.1. The maximum Gasteiger partial charge on any atom is 0.161 e. The minimum atomic E-state index is -0.0727. The molecule has 0 radical (unpaired) electrons. The Morgan fingerprint density at radius 1 is 0.327 bits per heavy atom. The lowest BCUT2D eigenvalue weighted by Gasteiger charge is -2.22. The molecular weight excluding hydrogens is 665 g/mol. The molecule has 0 aliphatic heterocycles. The Kier molecular flexibility index (Phi) is 6.93. The van der Waals surface area contributed by atoms with Gasteiger partial charge < -0.3 is 0 Å². The monoisotopic (exact) mass is 700 g/mol. The van der Waals surface area contributed by atoms with Crippen molar-refractivity contribution >= 4 is 43.1 Å². The van der Waals surface area contributed by atoms with Gasteiger partial charge in [-0.1, -0.05) is 166 Å². The summed E-state index contributed by atoms with van der Waals surface area (Å²) in [5.41, 5.74) is 12.8. The molecule has 1 aliphatic rings. The molecule has 0 spiro atoms. The number of hydrogen-bond donors (Lipinski definition) is 0. The second-order valence-electron chi connectivity index (χ2n) is 15.4. The SMILES string of the molecule is CC1(C)c2ccc(-c3ccc(-c4cc(-c5ccc6ccccc6c5)nc(-c5cccc6ccccc56)n4)c4ccccc34)cc2-c2cc3ccccc3cc21. The average Bonchev–Trinajstić information content (AvgIpc) is 3.46. The zero-order valence-electron chi connectivity index (χ0n) is 30.7. The van der Waals surface area contributed by atoms with Gasteiger partial charge in [0, 0.05) is 22.1 Å². The second-order valence-corrected chi connectivity index (χ2v) is 15.4. The Hall–Kier alpha value is -6.90. The van der Waals surface area contributed by atoms with E-state index >= 15 is 0 Å². The topological polar surface area (TPSA) is 25.8 Å². The predicted molar refractivity (Wildman–Crippen MR) is 231 cm³/mol. The summed E-state index contributed by atoms with van der Waals surface area (Å²) >= 11 is 0. The molecule has 0 bridgehead atoms. The van der Waals surface area contributed by atoms with Crippen molar-refractivity contribution in [1.82, 2.24) is 9.97 Å². The largest absolute Gasteiger partial charge is 0.228 e. The van der Waals surface area contributed by atoms with E-state index in [-0.39, 0.29) is 5.41 Å². The molecule has 2 heteroatoms. The van der Waals surface area contributed by atoms with E-state index in [1.807, 2.05) is 0 Å². The molecule has 0 N–H and O–H groups in total. The Balaban J connectivity index is 1.10. The van der Waals surface area contributed by atoms with Crippen molar-refractivity contribution < 1.29 is 0 Å². The zero-order chi connectivity index (χ0) is 36.7. The number of nitrogens with zero attached hydrogens (tertiary/aromatic N) is 2. The van der Waals surface area contributed by atoms with Gasteiger partial charge in [-0.25, -0.2) is 9.97 Å². The molecule has 0 saturated carbocycles. The molecule has 11 rings (SSSR count). The summed E-state index contributed by atoms with van der Waals surface area (Å²) < 4.78 is 0. The van der Waals surface area contributed by atoms with E-state index < -0.39 is 0 Å².